The Hall–Kier alpha value is -5.05. The van der Waals surface area contributed by atoms with E-state index in [1.165, 1.54) is 30.3 Å². The fourth-order valence-corrected chi connectivity index (χ4v) is 4.51. The molecule has 1 heterocycles. The third-order valence-corrected chi connectivity index (χ3v) is 6.25. The van der Waals surface area contributed by atoms with E-state index in [4.69, 9.17) is 0 Å². The van der Waals surface area contributed by atoms with E-state index < -0.39 is 22.7 Å². The number of carboxylic acids is 1. The standard InChI is InChI=1S/C27H19N3O6/c1-28(2)17-10-12-18(13-11-17)29-25(31)20-5-3-4-19-23(15-6-8-16(9-7-15)27(33)34)22(30(35)36)14-21(24(19)20)26(29)32/h3-14H,1-2H3,(H,33,34). The highest BCUT2D eigenvalue weighted by molar-refractivity contribution is 6.37. The van der Waals surface area contributed by atoms with Crippen molar-refractivity contribution in [2.75, 3.05) is 23.9 Å². The number of imide groups is 1. The summed E-state index contributed by atoms with van der Waals surface area (Å²) in [5.74, 6) is -2.31. The van der Waals surface area contributed by atoms with Crippen molar-refractivity contribution in [3.05, 3.63) is 99.6 Å². The number of carbonyl (C=O) groups is 3. The van der Waals surface area contributed by atoms with E-state index in [-0.39, 0.29) is 27.9 Å². The van der Waals surface area contributed by atoms with Crippen LogP contribution in [-0.4, -0.2) is 41.9 Å². The molecule has 178 valence electrons. The molecule has 0 saturated carbocycles. The van der Waals surface area contributed by atoms with Crippen LogP contribution in [0.2, 0.25) is 0 Å². The van der Waals surface area contributed by atoms with Gasteiger partial charge in [-0.2, -0.15) is 0 Å². The average Bonchev–Trinajstić information content (AvgIpc) is 2.87. The van der Waals surface area contributed by atoms with Gasteiger partial charge in [-0.05, 0) is 53.4 Å². The predicted molar refractivity (Wildman–Crippen MR) is 135 cm³/mol. The number of nitro benzene ring substituents is 1. The molecule has 1 aliphatic rings. The number of hydrogen-bond acceptors (Lipinski definition) is 6. The van der Waals surface area contributed by atoms with Crippen LogP contribution in [0.15, 0.2) is 72.8 Å². The second-order valence-electron chi connectivity index (χ2n) is 8.54. The first-order valence-corrected chi connectivity index (χ1v) is 10.9. The maximum absolute atomic E-state index is 13.6. The molecule has 4 aromatic rings. The smallest absolute Gasteiger partial charge is 0.335 e. The molecule has 0 saturated heterocycles. The van der Waals surface area contributed by atoms with Crippen LogP contribution in [-0.2, 0) is 0 Å². The van der Waals surface area contributed by atoms with E-state index in [9.17, 15) is 29.6 Å². The van der Waals surface area contributed by atoms with Gasteiger partial charge < -0.3 is 10.0 Å². The molecular weight excluding hydrogens is 462 g/mol. The van der Waals surface area contributed by atoms with Gasteiger partial charge in [0.05, 0.1) is 27.3 Å². The van der Waals surface area contributed by atoms with Crippen LogP contribution >= 0.6 is 0 Å². The highest BCUT2D eigenvalue weighted by Gasteiger charge is 2.37. The third kappa shape index (κ3) is 3.45. The van der Waals surface area contributed by atoms with Gasteiger partial charge in [0.25, 0.3) is 17.5 Å². The van der Waals surface area contributed by atoms with Crippen molar-refractivity contribution in [3.63, 3.8) is 0 Å². The molecule has 9 heteroatoms. The second-order valence-corrected chi connectivity index (χ2v) is 8.54. The van der Waals surface area contributed by atoms with E-state index in [1.807, 2.05) is 19.0 Å². The molecule has 0 aliphatic carbocycles. The van der Waals surface area contributed by atoms with Gasteiger partial charge in [-0.15, -0.1) is 0 Å². The van der Waals surface area contributed by atoms with Crippen molar-refractivity contribution in [3.8, 4) is 11.1 Å². The Morgan fingerprint density at radius 3 is 2.14 bits per heavy atom. The molecular formula is C27H19N3O6. The zero-order valence-corrected chi connectivity index (χ0v) is 19.3. The topological polar surface area (TPSA) is 121 Å². The molecule has 0 bridgehead atoms. The van der Waals surface area contributed by atoms with Crippen molar-refractivity contribution in [1.82, 2.24) is 0 Å². The number of hydrogen-bond donors (Lipinski definition) is 1. The molecule has 0 fully saturated rings. The monoisotopic (exact) mass is 481 g/mol. The molecule has 0 spiro atoms. The molecule has 5 rings (SSSR count). The highest BCUT2D eigenvalue weighted by Crippen LogP contribution is 2.43. The first kappa shape index (κ1) is 22.7. The molecule has 9 nitrogen and oxygen atoms in total. The molecule has 1 N–H and O–H groups in total. The Kier molecular flexibility index (Phi) is 5.25. The van der Waals surface area contributed by atoms with Crippen LogP contribution in [0.1, 0.15) is 31.1 Å². The van der Waals surface area contributed by atoms with Crippen molar-refractivity contribution in [2.24, 2.45) is 0 Å². The first-order chi connectivity index (χ1) is 17.2. The Morgan fingerprint density at radius 2 is 1.56 bits per heavy atom. The van der Waals surface area contributed by atoms with Crippen LogP contribution in [0.25, 0.3) is 21.9 Å². The number of aromatic carboxylic acids is 1. The molecule has 2 amide bonds. The largest absolute Gasteiger partial charge is 0.478 e. The molecule has 36 heavy (non-hydrogen) atoms. The molecule has 4 aromatic carbocycles. The van der Waals surface area contributed by atoms with Gasteiger partial charge in [0, 0.05) is 36.8 Å². The average molecular weight is 481 g/mol. The maximum atomic E-state index is 13.6. The fourth-order valence-electron chi connectivity index (χ4n) is 4.51. The van der Waals surface area contributed by atoms with Crippen molar-refractivity contribution < 1.29 is 24.4 Å². The fraction of sp³-hybridized carbons (Fsp3) is 0.0741. The predicted octanol–water partition coefficient (Wildman–Crippen LogP) is 4.98. The summed E-state index contributed by atoms with van der Waals surface area (Å²) in [5, 5.41) is 22.0. The van der Waals surface area contributed by atoms with E-state index in [0.717, 1.165) is 10.6 Å². The molecule has 0 aromatic heterocycles. The summed E-state index contributed by atoms with van der Waals surface area (Å²) >= 11 is 0. The molecule has 1 aliphatic heterocycles. The van der Waals surface area contributed by atoms with Crippen LogP contribution in [0, 0.1) is 10.1 Å². The summed E-state index contributed by atoms with van der Waals surface area (Å²) in [4.78, 5) is 52.8. The van der Waals surface area contributed by atoms with Gasteiger partial charge in [-0.3, -0.25) is 19.7 Å². The normalized spacial score (nSPS) is 12.7. The SMILES string of the molecule is CN(C)c1ccc(N2C(=O)c3cccc4c(-c5ccc(C(=O)O)cc5)c([N+](=O)[O-])cc(c34)C2=O)cc1. The van der Waals surface area contributed by atoms with E-state index in [2.05, 4.69) is 0 Å². The van der Waals surface area contributed by atoms with E-state index >= 15 is 0 Å². The lowest BCUT2D eigenvalue weighted by Gasteiger charge is -2.28. The lowest BCUT2D eigenvalue weighted by molar-refractivity contribution is -0.384. The number of carbonyl (C=O) groups excluding carboxylic acids is 2. The lowest BCUT2D eigenvalue weighted by Crippen LogP contribution is -2.40. The van der Waals surface area contributed by atoms with Gasteiger partial charge in [-0.25, -0.2) is 9.69 Å². The summed E-state index contributed by atoms with van der Waals surface area (Å²) in [6.45, 7) is 0. The van der Waals surface area contributed by atoms with Crippen molar-refractivity contribution in [2.45, 2.75) is 0 Å². The number of amides is 2. The van der Waals surface area contributed by atoms with Crippen LogP contribution in [0.4, 0.5) is 17.1 Å². The Balaban J connectivity index is 1.74. The molecule has 0 unspecified atom stereocenters. The number of nitro groups is 1. The summed E-state index contributed by atoms with van der Waals surface area (Å²) in [6.07, 6.45) is 0. The minimum atomic E-state index is -1.12. The summed E-state index contributed by atoms with van der Waals surface area (Å²) < 4.78 is 0. The Labute approximate surface area is 204 Å². The van der Waals surface area contributed by atoms with E-state index in [0.29, 0.717) is 22.0 Å². The quantitative estimate of drug-likeness (QED) is 0.242. The zero-order chi connectivity index (χ0) is 25.7. The lowest BCUT2D eigenvalue weighted by atomic mass is 9.87. The number of carboxylic acid groups (broad SMARTS) is 1. The van der Waals surface area contributed by atoms with Gasteiger partial charge in [0.15, 0.2) is 0 Å². The van der Waals surface area contributed by atoms with Gasteiger partial charge in [0.1, 0.15) is 0 Å². The Morgan fingerprint density at radius 1 is 0.917 bits per heavy atom. The molecule has 0 radical (unpaired) electrons. The van der Waals surface area contributed by atoms with Gasteiger partial charge in [-0.1, -0.05) is 24.3 Å². The summed E-state index contributed by atoms with van der Waals surface area (Å²) in [5.41, 5.74) is 1.86. The number of nitrogens with zero attached hydrogens (tertiary/aromatic N) is 3. The minimum Gasteiger partial charge on any atom is -0.478 e. The minimum absolute atomic E-state index is 0.0328. The number of rotatable bonds is 5. The Bertz CT molecular complexity index is 1590. The van der Waals surface area contributed by atoms with E-state index in [1.54, 1.807) is 42.5 Å². The number of benzene rings is 4. The van der Waals surface area contributed by atoms with Crippen molar-refractivity contribution in [1.29, 1.82) is 0 Å². The summed E-state index contributed by atoms with van der Waals surface area (Å²) in [6, 6.07) is 18.5. The molecule has 0 atom stereocenters. The maximum Gasteiger partial charge on any atom is 0.335 e. The van der Waals surface area contributed by atoms with Crippen LogP contribution < -0.4 is 9.80 Å². The highest BCUT2D eigenvalue weighted by atomic mass is 16.6. The van der Waals surface area contributed by atoms with Crippen LogP contribution in [0.5, 0.6) is 0 Å². The van der Waals surface area contributed by atoms with Crippen LogP contribution in [0.3, 0.4) is 0 Å². The second kappa shape index (κ2) is 8.31. The van der Waals surface area contributed by atoms with Gasteiger partial charge >= 0.3 is 5.97 Å². The third-order valence-electron chi connectivity index (χ3n) is 6.25. The number of anilines is 2. The first-order valence-electron chi connectivity index (χ1n) is 10.9. The van der Waals surface area contributed by atoms with Gasteiger partial charge in [0.2, 0.25) is 0 Å². The zero-order valence-electron chi connectivity index (χ0n) is 19.3. The van der Waals surface area contributed by atoms with Crippen molar-refractivity contribution >= 4 is 45.6 Å². The summed E-state index contributed by atoms with van der Waals surface area (Å²) in [7, 11) is 3.74.